The van der Waals surface area contributed by atoms with Gasteiger partial charge in [-0.05, 0) is 12.5 Å². The van der Waals surface area contributed by atoms with Crippen LogP contribution in [0.5, 0.6) is 0 Å². The largest absolute Gasteiger partial charge is 0.465 e. The van der Waals surface area contributed by atoms with Gasteiger partial charge in [-0.15, -0.1) is 0 Å². The van der Waals surface area contributed by atoms with Gasteiger partial charge in [-0.25, -0.2) is 26.7 Å². The third kappa shape index (κ3) is 4.65. The lowest BCUT2D eigenvalue weighted by molar-refractivity contribution is -0.0728. The maximum atomic E-state index is 14.6. The Morgan fingerprint density at radius 2 is 2.04 bits per heavy atom. The SMILES string of the molecule is CCS(=O)(=O)N[C@@H]1CN(C(=O)O)[C@H](COCc2ccccc2)C1(F)F. The third-order valence-corrected chi connectivity index (χ3v) is 5.40. The van der Waals surface area contributed by atoms with E-state index in [2.05, 4.69) is 0 Å². The van der Waals surface area contributed by atoms with Crippen LogP contribution in [0.25, 0.3) is 0 Å². The molecule has 10 heteroatoms. The van der Waals surface area contributed by atoms with E-state index >= 15 is 0 Å². The molecule has 1 aliphatic rings. The predicted molar refractivity (Wildman–Crippen MR) is 85.9 cm³/mol. The Kier molecular flexibility index (Phi) is 5.96. The molecule has 0 saturated carbocycles. The highest BCUT2D eigenvalue weighted by atomic mass is 32.2. The number of hydrogen-bond acceptors (Lipinski definition) is 4. The first kappa shape index (κ1) is 19.5. The highest BCUT2D eigenvalue weighted by molar-refractivity contribution is 7.89. The summed E-state index contributed by atoms with van der Waals surface area (Å²) >= 11 is 0. The van der Waals surface area contributed by atoms with Crippen molar-refractivity contribution in [1.29, 1.82) is 0 Å². The molecule has 0 spiro atoms. The summed E-state index contributed by atoms with van der Waals surface area (Å²) in [6.45, 7) is 0.177. The number of sulfonamides is 1. The summed E-state index contributed by atoms with van der Waals surface area (Å²) in [6, 6.07) is 5.24. The summed E-state index contributed by atoms with van der Waals surface area (Å²) in [4.78, 5) is 11.8. The lowest BCUT2D eigenvalue weighted by Crippen LogP contribution is -2.51. The van der Waals surface area contributed by atoms with Gasteiger partial charge in [0.1, 0.15) is 12.1 Å². The molecule has 1 aliphatic heterocycles. The summed E-state index contributed by atoms with van der Waals surface area (Å²) in [6.07, 6.45) is -1.55. The standard InChI is InChI=1S/C15H20F2N2O5S/c1-2-25(22,23)18-12-8-19(14(20)21)13(15(12,16)17)10-24-9-11-6-4-3-5-7-11/h3-7,12-13,18H,2,8-10H2,1H3,(H,20,21)/t12-,13-/m1/s1. The smallest absolute Gasteiger partial charge is 0.407 e. The van der Waals surface area contributed by atoms with Gasteiger partial charge >= 0.3 is 6.09 Å². The molecule has 1 aromatic rings. The Hall–Kier alpha value is -1.78. The lowest BCUT2D eigenvalue weighted by atomic mass is 10.1. The predicted octanol–water partition coefficient (Wildman–Crippen LogP) is 1.51. The van der Waals surface area contributed by atoms with Crippen molar-refractivity contribution in [3.05, 3.63) is 35.9 Å². The van der Waals surface area contributed by atoms with E-state index in [0.29, 0.717) is 4.90 Å². The Balaban J connectivity index is 2.09. The average Bonchev–Trinajstić information content (AvgIpc) is 2.80. The van der Waals surface area contributed by atoms with Crippen LogP contribution in [-0.2, 0) is 21.4 Å². The van der Waals surface area contributed by atoms with Gasteiger partial charge in [0.15, 0.2) is 0 Å². The highest BCUT2D eigenvalue weighted by Crippen LogP contribution is 2.35. The molecule has 1 fully saturated rings. The molecule has 0 radical (unpaired) electrons. The van der Waals surface area contributed by atoms with Crippen molar-refractivity contribution in [2.75, 3.05) is 18.9 Å². The van der Waals surface area contributed by atoms with Crippen LogP contribution >= 0.6 is 0 Å². The van der Waals surface area contributed by atoms with Crippen molar-refractivity contribution in [3.8, 4) is 0 Å². The van der Waals surface area contributed by atoms with Crippen molar-refractivity contribution < 1.29 is 31.8 Å². The molecule has 0 unspecified atom stereocenters. The zero-order chi connectivity index (χ0) is 18.7. The molecule has 0 aliphatic carbocycles. The van der Waals surface area contributed by atoms with Gasteiger partial charge < -0.3 is 9.84 Å². The molecule has 1 heterocycles. The first-order valence-corrected chi connectivity index (χ1v) is 9.31. The minimum atomic E-state index is -3.90. The number of nitrogens with one attached hydrogen (secondary N) is 1. The van der Waals surface area contributed by atoms with Crippen molar-refractivity contribution in [2.24, 2.45) is 0 Å². The van der Waals surface area contributed by atoms with Crippen LogP contribution in [0.3, 0.4) is 0 Å². The fraction of sp³-hybridized carbons (Fsp3) is 0.533. The Morgan fingerprint density at radius 3 is 2.60 bits per heavy atom. The Bertz CT molecular complexity index is 699. The van der Waals surface area contributed by atoms with Gasteiger partial charge in [-0.1, -0.05) is 30.3 Å². The molecule has 1 aromatic carbocycles. The molecule has 1 amide bonds. The number of alkyl halides is 2. The summed E-state index contributed by atoms with van der Waals surface area (Å²) in [5.74, 6) is -3.96. The second kappa shape index (κ2) is 7.63. The van der Waals surface area contributed by atoms with Gasteiger partial charge in [-0.3, -0.25) is 4.90 Å². The summed E-state index contributed by atoms with van der Waals surface area (Å²) in [5.41, 5.74) is 0.758. The molecule has 2 atom stereocenters. The number of carboxylic acid groups (broad SMARTS) is 1. The van der Waals surface area contributed by atoms with Crippen molar-refractivity contribution in [3.63, 3.8) is 0 Å². The molecule has 0 bridgehead atoms. The van der Waals surface area contributed by atoms with Crippen molar-refractivity contribution >= 4 is 16.1 Å². The summed E-state index contributed by atoms with van der Waals surface area (Å²) < 4.78 is 59.4. The summed E-state index contributed by atoms with van der Waals surface area (Å²) in [7, 11) is -3.90. The van der Waals surface area contributed by atoms with Crippen LogP contribution in [0.1, 0.15) is 12.5 Å². The fourth-order valence-corrected chi connectivity index (χ4v) is 3.41. The van der Waals surface area contributed by atoms with Crippen molar-refractivity contribution in [2.45, 2.75) is 31.5 Å². The molecule has 2 rings (SSSR count). The number of amides is 1. The topological polar surface area (TPSA) is 95.9 Å². The quantitative estimate of drug-likeness (QED) is 0.750. The minimum Gasteiger partial charge on any atom is -0.465 e. The van der Waals surface area contributed by atoms with E-state index in [-0.39, 0.29) is 12.4 Å². The average molecular weight is 378 g/mol. The molecule has 140 valence electrons. The van der Waals surface area contributed by atoms with Gasteiger partial charge in [0.2, 0.25) is 10.0 Å². The number of ether oxygens (including phenoxy) is 1. The second-order valence-corrected chi connectivity index (χ2v) is 7.74. The second-order valence-electron chi connectivity index (χ2n) is 5.70. The van der Waals surface area contributed by atoms with Gasteiger partial charge in [0, 0.05) is 6.54 Å². The van der Waals surface area contributed by atoms with Crippen LogP contribution in [0.2, 0.25) is 0 Å². The Morgan fingerprint density at radius 1 is 1.40 bits per heavy atom. The number of carbonyl (C=O) groups is 1. The molecule has 1 saturated heterocycles. The number of nitrogens with zero attached hydrogens (tertiary/aromatic N) is 1. The number of likely N-dealkylation sites (tertiary alicyclic amines) is 1. The molecule has 0 aromatic heterocycles. The molecular formula is C15H20F2N2O5S. The van der Waals surface area contributed by atoms with Gasteiger partial charge in [0.05, 0.1) is 19.0 Å². The van der Waals surface area contributed by atoms with E-state index in [4.69, 9.17) is 9.84 Å². The van der Waals surface area contributed by atoms with Crippen LogP contribution < -0.4 is 4.72 Å². The van der Waals surface area contributed by atoms with E-state index < -0.39 is 47.3 Å². The lowest BCUT2D eigenvalue weighted by Gasteiger charge is -2.26. The highest BCUT2D eigenvalue weighted by Gasteiger charge is 2.59. The maximum Gasteiger partial charge on any atom is 0.407 e. The third-order valence-electron chi connectivity index (χ3n) is 4.00. The van der Waals surface area contributed by atoms with Crippen LogP contribution in [0.4, 0.5) is 13.6 Å². The fourth-order valence-electron chi connectivity index (χ4n) is 2.58. The van der Waals surface area contributed by atoms with Crippen LogP contribution in [0.15, 0.2) is 30.3 Å². The molecule has 7 nitrogen and oxygen atoms in total. The van der Waals surface area contributed by atoms with E-state index in [1.165, 1.54) is 6.92 Å². The van der Waals surface area contributed by atoms with E-state index in [1.807, 2.05) is 4.72 Å². The number of hydrogen-bond donors (Lipinski definition) is 2. The van der Waals surface area contributed by atoms with Crippen molar-refractivity contribution in [1.82, 2.24) is 9.62 Å². The number of rotatable bonds is 7. The maximum absolute atomic E-state index is 14.6. The van der Waals surface area contributed by atoms with E-state index in [9.17, 15) is 22.0 Å². The van der Waals surface area contributed by atoms with Gasteiger partial charge in [0.25, 0.3) is 5.92 Å². The molecular weight excluding hydrogens is 358 g/mol. The minimum absolute atomic E-state index is 0.0479. The zero-order valence-corrected chi connectivity index (χ0v) is 14.4. The Labute approximate surface area is 144 Å². The molecule has 25 heavy (non-hydrogen) atoms. The van der Waals surface area contributed by atoms with Crippen LogP contribution in [-0.4, -0.2) is 61.4 Å². The first-order chi connectivity index (χ1) is 11.7. The van der Waals surface area contributed by atoms with Gasteiger partial charge in [-0.2, -0.15) is 0 Å². The zero-order valence-electron chi connectivity index (χ0n) is 13.6. The first-order valence-electron chi connectivity index (χ1n) is 7.66. The van der Waals surface area contributed by atoms with E-state index in [0.717, 1.165) is 5.56 Å². The normalized spacial score (nSPS) is 22.9. The molecule has 2 N–H and O–H groups in total. The monoisotopic (exact) mass is 378 g/mol. The summed E-state index contributed by atoms with van der Waals surface area (Å²) in [5, 5.41) is 9.17. The number of halogens is 2. The van der Waals surface area contributed by atoms with E-state index in [1.54, 1.807) is 30.3 Å². The number of benzene rings is 1. The van der Waals surface area contributed by atoms with Crippen LogP contribution in [0, 0.1) is 0 Å².